The minimum Gasteiger partial charge on any atom is -0.339 e. The zero-order chi connectivity index (χ0) is 11.4. The van der Waals surface area contributed by atoms with Gasteiger partial charge in [0.25, 0.3) is 0 Å². The topological polar surface area (TPSA) is 20.3 Å². The van der Waals surface area contributed by atoms with Gasteiger partial charge in [-0.1, -0.05) is 27.7 Å². The van der Waals surface area contributed by atoms with E-state index in [4.69, 9.17) is 0 Å². The molecule has 1 saturated heterocycles. The van der Waals surface area contributed by atoms with Crippen molar-refractivity contribution in [1.29, 1.82) is 0 Å². The highest BCUT2D eigenvalue weighted by molar-refractivity contribution is 5.79. The van der Waals surface area contributed by atoms with E-state index in [1.165, 1.54) is 6.42 Å². The Morgan fingerprint density at radius 1 is 1.33 bits per heavy atom. The van der Waals surface area contributed by atoms with Gasteiger partial charge in [-0.3, -0.25) is 4.79 Å². The van der Waals surface area contributed by atoms with Gasteiger partial charge in [0.05, 0.1) is 0 Å². The number of hydrogen-bond donors (Lipinski definition) is 0. The van der Waals surface area contributed by atoms with Crippen molar-refractivity contribution in [2.75, 3.05) is 6.54 Å². The highest BCUT2D eigenvalue weighted by atomic mass is 16.2. The summed E-state index contributed by atoms with van der Waals surface area (Å²) in [5.41, 5.74) is 0. The van der Waals surface area contributed by atoms with E-state index in [1.807, 2.05) is 0 Å². The number of carbonyl (C=O) groups excluding carboxylic acids is 1. The summed E-state index contributed by atoms with van der Waals surface area (Å²) in [4.78, 5) is 14.4. The Bertz CT molecular complexity index is 211. The molecule has 0 saturated carbocycles. The van der Waals surface area contributed by atoms with Crippen LogP contribution in [0.4, 0.5) is 0 Å². The van der Waals surface area contributed by atoms with E-state index in [9.17, 15) is 4.79 Å². The molecule has 0 radical (unpaired) electrons. The lowest BCUT2D eigenvalue weighted by molar-refractivity contribution is -0.137. The van der Waals surface area contributed by atoms with Crippen molar-refractivity contribution in [2.45, 2.75) is 59.4 Å². The molecule has 1 heterocycles. The van der Waals surface area contributed by atoms with Crippen LogP contribution in [0, 0.1) is 11.8 Å². The Kier molecular flexibility index (Phi) is 4.62. The Balaban J connectivity index is 2.66. The van der Waals surface area contributed by atoms with Gasteiger partial charge in [-0.15, -0.1) is 0 Å². The third kappa shape index (κ3) is 2.53. The maximum atomic E-state index is 12.2. The fourth-order valence-electron chi connectivity index (χ4n) is 2.78. The summed E-state index contributed by atoms with van der Waals surface area (Å²) < 4.78 is 0. The van der Waals surface area contributed by atoms with Gasteiger partial charge in [-0.2, -0.15) is 0 Å². The minimum atomic E-state index is 0.254. The average Bonchev–Trinajstić information content (AvgIpc) is 2.61. The fourth-order valence-corrected chi connectivity index (χ4v) is 2.78. The summed E-state index contributed by atoms with van der Waals surface area (Å²) in [5, 5.41) is 0. The van der Waals surface area contributed by atoms with Gasteiger partial charge in [-0.05, 0) is 31.6 Å². The van der Waals surface area contributed by atoms with Crippen LogP contribution < -0.4 is 0 Å². The smallest absolute Gasteiger partial charge is 0.225 e. The van der Waals surface area contributed by atoms with Crippen molar-refractivity contribution in [3.05, 3.63) is 0 Å². The third-order valence-electron chi connectivity index (χ3n) is 3.92. The predicted octanol–water partition coefficient (Wildman–Crippen LogP) is 3.07. The quantitative estimate of drug-likeness (QED) is 0.700. The molecule has 1 rings (SSSR count). The first kappa shape index (κ1) is 12.5. The minimum absolute atomic E-state index is 0.254. The third-order valence-corrected chi connectivity index (χ3v) is 3.92. The molecular formula is C13H25NO. The van der Waals surface area contributed by atoms with E-state index >= 15 is 0 Å². The molecule has 1 amide bonds. The molecule has 0 aromatic carbocycles. The van der Waals surface area contributed by atoms with Crippen molar-refractivity contribution in [3.8, 4) is 0 Å². The normalized spacial score (nSPS) is 26.3. The fraction of sp³-hybridized carbons (Fsp3) is 0.923. The Hall–Kier alpha value is -0.530. The number of carbonyl (C=O) groups is 1. The first-order chi connectivity index (χ1) is 7.15. The lowest BCUT2D eigenvalue weighted by atomic mass is 9.98. The maximum Gasteiger partial charge on any atom is 0.225 e. The molecule has 1 fully saturated rings. The van der Waals surface area contributed by atoms with Gasteiger partial charge in [0.2, 0.25) is 5.91 Å². The summed E-state index contributed by atoms with van der Waals surface area (Å²) in [5.74, 6) is 1.34. The van der Waals surface area contributed by atoms with Gasteiger partial charge in [0.15, 0.2) is 0 Å². The van der Waals surface area contributed by atoms with Gasteiger partial charge in [0.1, 0.15) is 0 Å². The molecular weight excluding hydrogens is 186 g/mol. The largest absolute Gasteiger partial charge is 0.339 e. The van der Waals surface area contributed by atoms with Crippen molar-refractivity contribution in [1.82, 2.24) is 4.90 Å². The summed E-state index contributed by atoms with van der Waals surface area (Å²) in [6.45, 7) is 9.68. The molecule has 0 spiro atoms. The van der Waals surface area contributed by atoms with E-state index in [2.05, 4.69) is 32.6 Å². The summed E-state index contributed by atoms with van der Waals surface area (Å²) in [6.07, 6.45) is 4.25. The van der Waals surface area contributed by atoms with Crippen LogP contribution >= 0.6 is 0 Å². The van der Waals surface area contributed by atoms with Crippen molar-refractivity contribution < 1.29 is 4.79 Å². The molecule has 0 aromatic rings. The van der Waals surface area contributed by atoms with Gasteiger partial charge >= 0.3 is 0 Å². The number of amides is 1. The standard InChI is InChI=1S/C13H25NO/c1-5-11(6-2)13(15)14-9-8-10(4)12(14)7-3/h10-12H,5-9H2,1-4H3. The molecule has 1 aliphatic heterocycles. The van der Waals surface area contributed by atoms with Crippen LogP contribution in [0.25, 0.3) is 0 Å². The predicted molar refractivity (Wildman–Crippen MR) is 63.6 cm³/mol. The molecule has 15 heavy (non-hydrogen) atoms. The first-order valence-electron chi connectivity index (χ1n) is 6.46. The van der Waals surface area contributed by atoms with Crippen LogP contribution in [0.5, 0.6) is 0 Å². The molecule has 2 unspecified atom stereocenters. The lowest BCUT2D eigenvalue weighted by Gasteiger charge is -2.29. The van der Waals surface area contributed by atoms with Gasteiger partial charge in [0, 0.05) is 18.5 Å². The Morgan fingerprint density at radius 3 is 2.40 bits per heavy atom. The van der Waals surface area contributed by atoms with Crippen LogP contribution in [-0.4, -0.2) is 23.4 Å². The molecule has 0 bridgehead atoms. The van der Waals surface area contributed by atoms with E-state index < -0.39 is 0 Å². The summed E-state index contributed by atoms with van der Waals surface area (Å²) in [7, 11) is 0. The highest BCUT2D eigenvalue weighted by Crippen LogP contribution is 2.28. The van der Waals surface area contributed by atoms with Crippen LogP contribution in [0.3, 0.4) is 0 Å². The zero-order valence-electron chi connectivity index (χ0n) is 10.6. The van der Waals surface area contributed by atoms with Crippen LogP contribution in [0.15, 0.2) is 0 Å². The molecule has 1 aliphatic rings. The number of hydrogen-bond acceptors (Lipinski definition) is 1. The van der Waals surface area contributed by atoms with Crippen LogP contribution in [-0.2, 0) is 4.79 Å². The second-order valence-electron chi connectivity index (χ2n) is 4.79. The molecule has 2 heteroatoms. The van der Waals surface area contributed by atoms with E-state index in [0.29, 0.717) is 17.9 Å². The highest BCUT2D eigenvalue weighted by Gasteiger charge is 2.34. The van der Waals surface area contributed by atoms with E-state index in [0.717, 1.165) is 25.8 Å². The van der Waals surface area contributed by atoms with Crippen molar-refractivity contribution >= 4 is 5.91 Å². The second kappa shape index (κ2) is 5.53. The van der Waals surface area contributed by atoms with Gasteiger partial charge in [-0.25, -0.2) is 0 Å². The Morgan fingerprint density at radius 2 is 1.93 bits per heavy atom. The summed E-state index contributed by atoms with van der Waals surface area (Å²) >= 11 is 0. The number of rotatable bonds is 4. The van der Waals surface area contributed by atoms with Gasteiger partial charge < -0.3 is 4.90 Å². The van der Waals surface area contributed by atoms with E-state index in [1.54, 1.807) is 0 Å². The number of likely N-dealkylation sites (tertiary alicyclic amines) is 1. The second-order valence-corrected chi connectivity index (χ2v) is 4.79. The lowest BCUT2D eigenvalue weighted by Crippen LogP contribution is -2.40. The molecule has 88 valence electrons. The molecule has 0 aliphatic carbocycles. The number of nitrogens with zero attached hydrogens (tertiary/aromatic N) is 1. The Labute approximate surface area is 94.0 Å². The van der Waals surface area contributed by atoms with Crippen LogP contribution in [0.1, 0.15) is 53.4 Å². The molecule has 2 nitrogen and oxygen atoms in total. The first-order valence-corrected chi connectivity index (χ1v) is 6.46. The maximum absolute atomic E-state index is 12.2. The zero-order valence-corrected chi connectivity index (χ0v) is 10.6. The molecule has 0 N–H and O–H groups in total. The SMILES string of the molecule is CCC(CC)C(=O)N1CCC(C)C1CC. The van der Waals surface area contributed by atoms with Crippen molar-refractivity contribution in [2.24, 2.45) is 11.8 Å². The van der Waals surface area contributed by atoms with Crippen molar-refractivity contribution in [3.63, 3.8) is 0 Å². The average molecular weight is 211 g/mol. The van der Waals surface area contributed by atoms with Crippen LogP contribution in [0.2, 0.25) is 0 Å². The molecule has 2 atom stereocenters. The molecule has 0 aromatic heterocycles. The summed E-state index contributed by atoms with van der Waals surface area (Å²) in [6, 6.07) is 0.498. The monoisotopic (exact) mass is 211 g/mol. The van der Waals surface area contributed by atoms with E-state index in [-0.39, 0.29) is 5.92 Å².